The second-order valence-corrected chi connectivity index (χ2v) is 4.44. The van der Waals surface area contributed by atoms with Gasteiger partial charge in [0.1, 0.15) is 6.56 Å². The van der Waals surface area contributed by atoms with Gasteiger partial charge in [0.25, 0.3) is 0 Å². The number of nitrogens with one attached hydrogen (secondary N) is 2. The van der Waals surface area contributed by atoms with Crippen molar-refractivity contribution in [3.05, 3.63) is 35.5 Å². The fourth-order valence-corrected chi connectivity index (χ4v) is 1.69. The quantitative estimate of drug-likeness (QED) is 0.887. The average Bonchev–Trinajstić information content (AvgIpc) is 3.13. The first-order valence-electron chi connectivity index (χ1n) is 12.5. The lowest BCUT2D eigenvalue weighted by Crippen LogP contribution is -2.28. The first-order valence-corrected chi connectivity index (χ1v) is 6.06. The summed E-state index contributed by atoms with van der Waals surface area (Å²) < 4.78 is 111. The Balaban J connectivity index is 2.42. The highest BCUT2D eigenvalue weighted by atomic mass is 16.6. The number of hydrogen-bond acceptors (Lipinski definition) is 3. The van der Waals surface area contributed by atoms with Crippen molar-refractivity contribution in [2.45, 2.75) is 18.8 Å². The standard InChI is InChI=1S/C16H21N3O2/c1-19(2)6-5-12-9-17-15-4-3-11(8-14(12)15)7-13-10-21-16(20)18-13/h3-4,8-9,13,17H,5-7,10H2,1-2H3,(H,18,20)/t13-/m0/s1/i3D,4D,5D2,6D2,7D2,8D,10D2/hD2. The molecule has 1 amide bonds. The molecule has 0 bridgehead atoms. The molecule has 1 saturated heterocycles. The predicted molar refractivity (Wildman–Crippen MR) is 82.5 cm³/mol. The molecule has 1 fully saturated rings. The minimum atomic E-state index is -3.15. The Hall–Kier alpha value is -2.01. The molecule has 5 heteroatoms. The maximum atomic E-state index is 11.7. The fourth-order valence-electron chi connectivity index (χ4n) is 1.69. The van der Waals surface area contributed by atoms with Crippen LogP contribution in [0, 0.1) is 0 Å². The number of hydrogen-bond donors (Lipinski definition) is 2. The third-order valence-electron chi connectivity index (χ3n) is 2.57. The molecule has 112 valence electrons. The molecule has 0 spiro atoms. The summed E-state index contributed by atoms with van der Waals surface area (Å²) >= 11 is 0. The predicted octanol–water partition coefficient (Wildman–Crippen LogP) is 1.92. The molecule has 1 aliphatic heterocycles. The highest BCUT2D eigenvalue weighted by Gasteiger charge is 2.22. The van der Waals surface area contributed by atoms with Crippen LogP contribution in [0.4, 0.5) is 4.79 Å². The van der Waals surface area contributed by atoms with Crippen LogP contribution in [-0.2, 0) is 17.5 Å². The molecular weight excluding hydrogens is 266 g/mol. The van der Waals surface area contributed by atoms with Gasteiger partial charge in [0.05, 0.1) is 12.9 Å². The summed E-state index contributed by atoms with van der Waals surface area (Å²) in [5.74, 6) is 0. The van der Waals surface area contributed by atoms with Gasteiger partial charge in [0.15, 0.2) is 2.82 Å². The van der Waals surface area contributed by atoms with Crippen molar-refractivity contribution in [1.29, 1.82) is 0 Å². The van der Waals surface area contributed by atoms with E-state index in [1.807, 2.05) is 0 Å². The number of ether oxygens (including phenoxy) is 1. The Kier molecular flexibility index (Phi) is 1.46. The Morgan fingerprint density at radius 1 is 1.62 bits per heavy atom. The molecule has 0 radical (unpaired) electrons. The van der Waals surface area contributed by atoms with Crippen LogP contribution in [0.5, 0.6) is 0 Å². The van der Waals surface area contributed by atoms with Gasteiger partial charge in [-0.3, -0.25) is 0 Å². The number of aryl methyl sites for hydroxylation is 1. The number of benzene rings is 1. The summed E-state index contributed by atoms with van der Waals surface area (Å²) in [4.78, 5) is 13.2. The summed E-state index contributed by atoms with van der Waals surface area (Å²) in [5.41, 5.74) is -1.94. The van der Waals surface area contributed by atoms with Gasteiger partial charge in [-0.25, -0.2) is 4.79 Å². The van der Waals surface area contributed by atoms with E-state index in [-0.39, 0.29) is 5.31 Å². The number of H-pyrrole nitrogens is 1. The number of rotatable bonds is 5. The second kappa shape index (κ2) is 5.77. The molecular formula is C16H21N3O2. The van der Waals surface area contributed by atoms with Crippen molar-refractivity contribution in [2.24, 2.45) is 0 Å². The van der Waals surface area contributed by atoms with Crippen LogP contribution in [0.25, 0.3) is 10.9 Å². The Morgan fingerprint density at radius 2 is 2.48 bits per heavy atom. The van der Waals surface area contributed by atoms with E-state index >= 15 is 0 Å². The summed E-state index contributed by atoms with van der Waals surface area (Å²) in [5, 5.41) is -0.624. The van der Waals surface area contributed by atoms with E-state index in [0.29, 0.717) is 4.98 Å². The van der Waals surface area contributed by atoms with Gasteiger partial charge >= 0.3 is 6.09 Å². The number of aromatic nitrogens is 1. The van der Waals surface area contributed by atoms with Crippen LogP contribution in [0.15, 0.2) is 24.3 Å². The monoisotopic (exact) mass is 300 g/mol. The first-order chi connectivity index (χ1) is 15.2. The average molecular weight is 300 g/mol. The maximum Gasteiger partial charge on any atom is 0.407 e. The largest absolute Gasteiger partial charge is 0.447 e. The van der Waals surface area contributed by atoms with Crippen LogP contribution in [0.3, 0.4) is 0 Å². The number of carbonyl (C=O) groups is 1. The van der Waals surface area contributed by atoms with E-state index < -0.39 is 78.1 Å². The third-order valence-corrected chi connectivity index (χ3v) is 2.57. The fraction of sp³-hybridized carbons (Fsp3) is 0.438. The summed E-state index contributed by atoms with van der Waals surface area (Å²) in [6, 6.07) is -4.91. The highest BCUT2D eigenvalue weighted by Crippen LogP contribution is 2.21. The molecule has 0 unspecified atom stereocenters. The zero-order valence-electron chi connectivity index (χ0n) is 24.3. The number of aromatic amines is 1. The van der Waals surface area contributed by atoms with Crippen molar-refractivity contribution in [2.75, 3.05) is 27.2 Å². The van der Waals surface area contributed by atoms with Crippen LogP contribution in [-0.4, -0.2) is 49.2 Å². The maximum absolute atomic E-state index is 11.7. The SMILES string of the molecule is [2H]c1c(C([2H])([2H])[C@@H]2N([2H])C(=O)OC2([2H])[2H])c([2H])c2c(C([2H])([2H])C([2H])([2H])N(C)C)cn([2H])c2c1[2H]. The molecule has 1 aromatic carbocycles. The lowest BCUT2D eigenvalue weighted by Gasteiger charge is -2.09. The zero-order chi connectivity index (χ0) is 26.3. The molecule has 1 aliphatic rings. The lowest BCUT2D eigenvalue weighted by atomic mass is 10.0. The first kappa shape index (κ1) is 5.32. The van der Waals surface area contributed by atoms with E-state index in [2.05, 4.69) is 4.74 Å². The Morgan fingerprint density at radius 3 is 3.19 bits per heavy atom. The van der Waals surface area contributed by atoms with Crippen molar-refractivity contribution in [3.8, 4) is 0 Å². The summed E-state index contributed by atoms with van der Waals surface area (Å²) in [6.45, 7) is -5.73. The Labute approximate surface area is 142 Å². The Bertz CT molecular complexity index is 1180. The smallest absolute Gasteiger partial charge is 0.407 e. The highest BCUT2D eigenvalue weighted by molar-refractivity contribution is 5.84. The van der Waals surface area contributed by atoms with E-state index in [1.165, 1.54) is 14.1 Å². The van der Waals surface area contributed by atoms with Crippen LogP contribution in [0.2, 0.25) is 2.82 Å². The van der Waals surface area contributed by atoms with Crippen molar-refractivity contribution in [1.82, 2.24) is 15.2 Å². The van der Waals surface area contributed by atoms with Gasteiger partial charge in [0.2, 0.25) is 0 Å². The number of likely N-dealkylation sites (N-methyl/N-ethyl adjacent to an activating group) is 1. The van der Waals surface area contributed by atoms with Crippen LogP contribution >= 0.6 is 0 Å². The number of fused-ring (bicyclic) bond motifs is 1. The number of alkyl carbamates (subject to hydrolysis) is 1. The molecule has 1 aromatic heterocycles. The molecule has 2 N–H and O–H groups in total. The van der Waals surface area contributed by atoms with Gasteiger partial charge in [-0.15, -0.1) is 0 Å². The van der Waals surface area contributed by atoms with E-state index in [4.69, 9.17) is 17.9 Å². The third kappa shape index (κ3) is 3.19. The lowest BCUT2D eigenvalue weighted by molar-refractivity contribution is 0.177. The normalized spacial score (nSPS) is 32.1. The molecule has 0 saturated carbocycles. The zero-order valence-corrected chi connectivity index (χ0v) is 11.3. The molecule has 3 rings (SSSR count). The van der Waals surface area contributed by atoms with Gasteiger partial charge in [-0.2, -0.15) is 0 Å². The van der Waals surface area contributed by atoms with E-state index in [1.54, 1.807) is 0 Å². The minimum Gasteiger partial charge on any atom is -0.447 e. The minimum absolute atomic E-state index is 0.104. The van der Waals surface area contributed by atoms with Gasteiger partial charge in [-0.1, -0.05) is 6.04 Å². The molecule has 0 aliphatic carbocycles. The molecule has 1 atom stereocenters. The number of cyclic esters (lactones) is 1. The van der Waals surface area contributed by atoms with Gasteiger partial charge in [0, 0.05) is 31.8 Å². The molecule has 21 heavy (non-hydrogen) atoms. The summed E-state index contributed by atoms with van der Waals surface area (Å²) in [7, 11) is 2.53. The number of amides is 1. The molecule has 5 nitrogen and oxygen atoms in total. The second-order valence-electron chi connectivity index (χ2n) is 4.44. The van der Waals surface area contributed by atoms with Crippen molar-refractivity contribution in [3.63, 3.8) is 0 Å². The summed E-state index contributed by atoms with van der Waals surface area (Å²) in [6.07, 6.45) is -6.71. The van der Waals surface area contributed by atoms with E-state index in [9.17, 15) is 4.79 Å². The number of carbonyl (C=O) groups excluding carboxylic acids is 1. The van der Waals surface area contributed by atoms with Crippen molar-refractivity contribution < 1.29 is 27.4 Å². The molecule has 2 aromatic rings. The van der Waals surface area contributed by atoms with Crippen LogP contribution in [0.1, 0.15) is 26.2 Å². The van der Waals surface area contributed by atoms with Gasteiger partial charge in [-0.05, 0) is 50.1 Å². The molecule has 2 heterocycles. The van der Waals surface area contributed by atoms with E-state index in [0.717, 1.165) is 11.1 Å². The van der Waals surface area contributed by atoms with Gasteiger partial charge < -0.3 is 19.9 Å². The number of nitrogens with zero attached hydrogens (tertiary/aromatic N) is 1. The van der Waals surface area contributed by atoms with Crippen molar-refractivity contribution >= 4 is 17.0 Å². The van der Waals surface area contributed by atoms with Crippen LogP contribution < -0.4 is 5.31 Å². The topological polar surface area (TPSA) is 57.4 Å².